The zero-order valence-corrected chi connectivity index (χ0v) is 12.9. The lowest BCUT2D eigenvalue weighted by Gasteiger charge is -2.18. The molecule has 20 heavy (non-hydrogen) atoms. The van der Waals surface area contributed by atoms with Gasteiger partial charge in [-0.25, -0.2) is 0 Å². The molecule has 2 aromatic rings. The highest BCUT2D eigenvalue weighted by Gasteiger charge is 2.32. The quantitative estimate of drug-likeness (QED) is 0.789. The Morgan fingerprint density at radius 1 is 1.15 bits per heavy atom. The van der Waals surface area contributed by atoms with E-state index in [1.807, 2.05) is 42.5 Å². The number of carbonyl (C=O) groups is 1. The van der Waals surface area contributed by atoms with Crippen molar-refractivity contribution in [3.8, 4) is 0 Å². The topological polar surface area (TPSA) is 49.3 Å². The molecule has 0 bridgehead atoms. The molecule has 0 heterocycles. The van der Waals surface area contributed by atoms with Gasteiger partial charge >= 0.3 is 0 Å². The maximum Gasteiger partial charge on any atom is 0.252 e. The van der Waals surface area contributed by atoms with E-state index in [0.29, 0.717) is 12.0 Å². The Hall–Kier alpha value is -1.40. The highest BCUT2D eigenvalue weighted by molar-refractivity contribution is 14.1. The van der Waals surface area contributed by atoms with Crippen molar-refractivity contribution in [3.63, 3.8) is 0 Å². The van der Waals surface area contributed by atoms with Crippen LogP contribution in [-0.4, -0.2) is 17.1 Å². The third-order valence-electron chi connectivity index (χ3n) is 3.61. The molecule has 1 aliphatic rings. The van der Waals surface area contributed by atoms with E-state index in [9.17, 15) is 9.90 Å². The summed E-state index contributed by atoms with van der Waals surface area (Å²) >= 11 is 2.14. The fraction of sp³-hybridized carbons (Fsp3) is 0.188. The molecule has 2 N–H and O–H groups in total. The van der Waals surface area contributed by atoms with Gasteiger partial charge in [0.1, 0.15) is 0 Å². The lowest BCUT2D eigenvalue weighted by Crippen LogP contribution is -2.34. The van der Waals surface area contributed by atoms with E-state index < -0.39 is 6.10 Å². The van der Waals surface area contributed by atoms with Crippen molar-refractivity contribution in [1.29, 1.82) is 0 Å². The van der Waals surface area contributed by atoms with Crippen LogP contribution in [0.4, 0.5) is 0 Å². The number of carbonyl (C=O) groups excluding carboxylic acids is 1. The molecule has 1 amide bonds. The molecule has 4 heteroatoms. The molecule has 2 unspecified atom stereocenters. The number of rotatable bonds is 2. The summed E-state index contributed by atoms with van der Waals surface area (Å²) < 4.78 is 0.906. The number of aliphatic hydroxyl groups is 1. The van der Waals surface area contributed by atoms with E-state index in [1.165, 1.54) is 0 Å². The van der Waals surface area contributed by atoms with Crippen LogP contribution in [0.1, 0.15) is 27.5 Å². The van der Waals surface area contributed by atoms with E-state index in [2.05, 4.69) is 27.9 Å². The van der Waals surface area contributed by atoms with E-state index in [4.69, 9.17) is 0 Å². The molecular formula is C16H14INO2. The average Bonchev–Trinajstić information content (AvgIpc) is 2.76. The average molecular weight is 379 g/mol. The van der Waals surface area contributed by atoms with E-state index in [-0.39, 0.29) is 11.9 Å². The normalized spacial score (nSPS) is 20.5. The first-order chi connectivity index (χ1) is 9.66. The first-order valence-corrected chi connectivity index (χ1v) is 7.56. The van der Waals surface area contributed by atoms with Gasteiger partial charge in [0.2, 0.25) is 0 Å². The van der Waals surface area contributed by atoms with E-state index in [0.717, 1.165) is 14.7 Å². The maximum absolute atomic E-state index is 12.3. The fourth-order valence-corrected chi connectivity index (χ4v) is 3.24. The second kappa shape index (κ2) is 5.54. The van der Waals surface area contributed by atoms with Gasteiger partial charge in [-0.05, 0) is 45.9 Å². The van der Waals surface area contributed by atoms with Crippen LogP contribution in [0.2, 0.25) is 0 Å². The van der Waals surface area contributed by atoms with Crippen LogP contribution in [-0.2, 0) is 6.42 Å². The monoisotopic (exact) mass is 379 g/mol. The summed E-state index contributed by atoms with van der Waals surface area (Å²) in [6.45, 7) is 0. The maximum atomic E-state index is 12.3. The van der Waals surface area contributed by atoms with Crippen molar-refractivity contribution < 1.29 is 9.90 Å². The van der Waals surface area contributed by atoms with Crippen molar-refractivity contribution in [3.05, 3.63) is 68.8 Å². The number of nitrogens with one attached hydrogen (secondary N) is 1. The second-order valence-electron chi connectivity index (χ2n) is 4.90. The minimum absolute atomic E-state index is 0.143. The molecule has 0 aliphatic heterocycles. The number of halogens is 1. The van der Waals surface area contributed by atoms with Crippen molar-refractivity contribution in [1.82, 2.24) is 5.32 Å². The summed E-state index contributed by atoms with van der Waals surface area (Å²) in [5.41, 5.74) is 2.76. The summed E-state index contributed by atoms with van der Waals surface area (Å²) in [6.07, 6.45) is 0.0326. The molecular weight excluding hydrogens is 365 g/mol. The predicted molar refractivity (Wildman–Crippen MR) is 85.5 cm³/mol. The van der Waals surface area contributed by atoms with Crippen LogP contribution >= 0.6 is 22.6 Å². The molecule has 3 rings (SSSR count). The Kier molecular flexibility index (Phi) is 3.76. The summed E-state index contributed by atoms with van der Waals surface area (Å²) in [7, 11) is 0. The smallest absolute Gasteiger partial charge is 0.252 e. The molecule has 0 fully saturated rings. The van der Waals surface area contributed by atoms with E-state index in [1.54, 1.807) is 6.07 Å². The third kappa shape index (κ3) is 2.45. The fourth-order valence-electron chi connectivity index (χ4n) is 2.61. The molecule has 3 nitrogen and oxygen atoms in total. The second-order valence-corrected chi connectivity index (χ2v) is 6.06. The van der Waals surface area contributed by atoms with Crippen LogP contribution in [0.5, 0.6) is 0 Å². The number of aliphatic hydroxyl groups excluding tert-OH is 1. The van der Waals surface area contributed by atoms with Crippen molar-refractivity contribution in [2.45, 2.75) is 18.6 Å². The highest BCUT2D eigenvalue weighted by Crippen LogP contribution is 2.31. The first kappa shape index (κ1) is 13.6. The van der Waals surface area contributed by atoms with Crippen molar-refractivity contribution in [2.24, 2.45) is 0 Å². The van der Waals surface area contributed by atoms with Gasteiger partial charge in [0, 0.05) is 9.99 Å². The van der Waals surface area contributed by atoms with Gasteiger partial charge in [-0.15, -0.1) is 0 Å². The van der Waals surface area contributed by atoms with Crippen molar-refractivity contribution in [2.75, 3.05) is 0 Å². The molecule has 0 spiro atoms. The van der Waals surface area contributed by atoms with Crippen LogP contribution in [0, 0.1) is 3.57 Å². The summed E-state index contributed by atoms with van der Waals surface area (Å²) in [4.78, 5) is 12.3. The molecule has 102 valence electrons. The largest absolute Gasteiger partial charge is 0.390 e. The SMILES string of the molecule is O=C(NC1c2ccccc2CC1O)c1ccccc1I. The van der Waals surface area contributed by atoms with Crippen LogP contribution in [0.25, 0.3) is 0 Å². The van der Waals surface area contributed by atoms with Gasteiger partial charge in [0.25, 0.3) is 5.91 Å². The van der Waals surface area contributed by atoms with Crippen LogP contribution < -0.4 is 5.32 Å². The highest BCUT2D eigenvalue weighted by atomic mass is 127. The number of hydrogen-bond acceptors (Lipinski definition) is 2. The van der Waals surface area contributed by atoms with Gasteiger partial charge < -0.3 is 10.4 Å². The van der Waals surface area contributed by atoms with E-state index >= 15 is 0 Å². The number of benzene rings is 2. The van der Waals surface area contributed by atoms with Gasteiger partial charge in [-0.1, -0.05) is 36.4 Å². The summed E-state index contributed by atoms with van der Waals surface area (Å²) in [5, 5.41) is 13.1. The molecule has 0 saturated carbocycles. The Morgan fingerprint density at radius 3 is 2.65 bits per heavy atom. The zero-order chi connectivity index (χ0) is 14.1. The number of fused-ring (bicyclic) bond motifs is 1. The Labute approximate surface area is 131 Å². The lowest BCUT2D eigenvalue weighted by molar-refractivity contribution is 0.0857. The third-order valence-corrected chi connectivity index (χ3v) is 4.55. The lowest BCUT2D eigenvalue weighted by atomic mass is 10.1. The number of amides is 1. The molecule has 2 aromatic carbocycles. The first-order valence-electron chi connectivity index (χ1n) is 6.48. The minimum Gasteiger partial charge on any atom is -0.390 e. The van der Waals surface area contributed by atoms with Crippen LogP contribution in [0.15, 0.2) is 48.5 Å². The predicted octanol–water partition coefficient (Wildman–Crippen LogP) is 2.68. The minimum atomic E-state index is -0.558. The molecule has 1 aliphatic carbocycles. The zero-order valence-electron chi connectivity index (χ0n) is 10.7. The molecule has 0 radical (unpaired) electrons. The molecule has 2 atom stereocenters. The van der Waals surface area contributed by atoms with Crippen molar-refractivity contribution >= 4 is 28.5 Å². The Balaban J connectivity index is 1.85. The standard InChI is InChI=1S/C16H14INO2/c17-13-8-4-3-7-12(13)16(20)18-15-11-6-2-1-5-10(11)9-14(15)19/h1-8,14-15,19H,9H2,(H,18,20). The van der Waals surface area contributed by atoms with Gasteiger partial charge in [0.15, 0.2) is 0 Å². The summed E-state index contributed by atoms with van der Waals surface area (Å²) in [6, 6.07) is 15.0. The Morgan fingerprint density at radius 2 is 1.85 bits per heavy atom. The number of hydrogen-bond donors (Lipinski definition) is 2. The molecule has 0 aromatic heterocycles. The van der Waals surface area contributed by atoms with Gasteiger partial charge in [-0.3, -0.25) is 4.79 Å². The van der Waals surface area contributed by atoms with Crippen LogP contribution in [0.3, 0.4) is 0 Å². The Bertz CT molecular complexity index is 656. The van der Waals surface area contributed by atoms with Gasteiger partial charge in [0.05, 0.1) is 17.7 Å². The molecule has 0 saturated heterocycles. The van der Waals surface area contributed by atoms with Gasteiger partial charge in [-0.2, -0.15) is 0 Å². The summed E-state index contributed by atoms with van der Waals surface area (Å²) in [5.74, 6) is -0.143.